The summed E-state index contributed by atoms with van der Waals surface area (Å²) >= 11 is 5.44. The first-order chi connectivity index (χ1) is 8.31. The van der Waals surface area contributed by atoms with E-state index < -0.39 is 0 Å². The van der Waals surface area contributed by atoms with Gasteiger partial charge in [-0.05, 0) is 46.1 Å². The number of pyridine rings is 1. The quantitative estimate of drug-likeness (QED) is 0.844. The zero-order valence-corrected chi connectivity index (χ0v) is 11.8. The van der Waals surface area contributed by atoms with Crippen LogP contribution in [0.1, 0.15) is 16.1 Å². The summed E-state index contributed by atoms with van der Waals surface area (Å²) in [5.41, 5.74) is 2.63. The number of halogens is 1. The molecule has 0 saturated heterocycles. The highest BCUT2D eigenvalue weighted by molar-refractivity contribution is 9.11. The van der Waals surface area contributed by atoms with Crippen molar-refractivity contribution in [2.45, 2.75) is 19.5 Å². The van der Waals surface area contributed by atoms with E-state index in [0.29, 0.717) is 0 Å². The molecule has 2 aromatic rings. The molecular formula is C13H13BrN2S. The molecule has 1 aliphatic rings. The van der Waals surface area contributed by atoms with Gasteiger partial charge in [-0.2, -0.15) is 0 Å². The van der Waals surface area contributed by atoms with Crippen molar-refractivity contribution in [1.29, 1.82) is 0 Å². The van der Waals surface area contributed by atoms with Crippen LogP contribution in [0.15, 0.2) is 34.2 Å². The molecule has 0 bridgehead atoms. The van der Waals surface area contributed by atoms with Crippen LogP contribution in [-0.4, -0.2) is 16.4 Å². The minimum atomic E-state index is 0.952. The number of aromatic nitrogens is 1. The third-order valence-corrected chi connectivity index (χ3v) is 4.77. The van der Waals surface area contributed by atoms with Crippen LogP contribution in [0, 0.1) is 0 Å². The molecular weight excluding hydrogens is 296 g/mol. The van der Waals surface area contributed by atoms with Gasteiger partial charge in [-0.15, -0.1) is 11.3 Å². The topological polar surface area (TPSA) is 16.1 Å². The third-order valence-electron chi connectivity index (χ3n) is 3.03. The lowest BCUT2D eigenvalue weighted by Gasteiger charge is -2.26. The molecule has 3 rings (SSSR count). The fourth-order valence-corrected chi connectivity index (χ4v) is 3.96. The van der Waals surface area contributed by atoms with Gasteiger partial charge >= 0.3 is 0 Å². The maximum Gasteiger partial charge on any atom is 0.0704 e. The molecule has 0 saturated carbocycles. The molecule has 2 nitrogen and oxygen atoms in total. The number of fused-ring (bicyclic) bond motifs is 1. The van der Waals surface area contributed by atoms with Crippen molar-refractivity contribution in [1.82, 2.24) is 9.88 Å². The summed E-state index contributed by atoms with van der Waals surface area (Å²) in [6.07, 6.45) is 3.03. The van der Waals surface area contributed by atoms with Crippen LogP contribution in [-0.2, 0) is 19.5 Å². The van der Waals surface area contributed by atoms with E-state index in [1.165, 1.54) is 20.6 Å². The lowest BCUT2D eigenvalue weighted by molar-refractivity contribution is 0.244. The van der Waals surface area contributed by atoms with Crippen molar-refractivity contribution in [2.75, 3.05) is 6.54 Å². The Kier molecular flexibility index (Phi) is 3.27. The van der Waals surface area contributed by atoms with E-state index in [1.54, 1.807) is 0 Å². The van der Waals surface area contributed by atoms with Crippen LogP contribution in [0.5, 0.6) is 0 Å². The number of hydrogen-bond acceptors (Lipinski definition) is 3. The molecule has 17 heavy (non-hydrogen) atoms. The average Bonchev–Trinajstić information content (AvgIpc) is 2.70. The second-order valence-electron chi connectivity index (χ2n) is 4.28. The predicted octanol–water partition coefficient (Wildman–Crippen LogP) is 3.46. The van der Waals surface area contributed by atoms with Crippen molar-refractivity contribution >= 4 is 27.3 Å². The molecule has 3 heterocycles. The van der Waals surface area contributed by atoms with Gasteiger partial charge in [-0.25, -0.2) is 0 Å². The molecule has 0 N–H and O–H groups in total. The smallest absolute Gasteiger partial charge is 0.0704 e. The van der Waals surface area contributed by atoms with Crippen molar-refractivity contribution in [3.63, 3.8) is 0 Å². The van der Waals surface area contributed by atoms with Gasteiger partial charge in [0.05, 0.1) is 9.48 Å². The second kappa shape index (κ2) is 4.88. The number of nitrogens with zero attached hydrogens (tertiary/aromatic N) is 2. The Morgan fingerprint density at radius 1 is 1.41 bits per heavy atom. The average molecular weight is 309 g/mol. The molecule has 0 atom stereocenters. The monoisotopic (exact) mass is 308 g/mol. The normalized spacial score (nSPS) is 15.8. The van der Waals surface area contributed by atoms with Gasteiger partial charge in [0.1, 0.15) is 0 Å². The Labute approximate surface area is 113 Å². The number of rotatable bonds is 2. The number of thiophene rings is 1. The third kappa shape index (κ3) is 2.59. The van der Waals surface area contributed by atoms with E-state index in [2.05, 4.69) is 44.0 Å². The first kappa shape index (κ1) is 11.4. The Bertz CT molecular complexity index is 509. The van der Waals surface area contributed by atoms with E-state index >= 15 is 0 Å². The van der Waals surface area contributed by atoms with E-state index in [9.17, 15) is 0 Å². The van der Waals surface area contributed by atoms with Crippen molar-refractivity contribution < 1.29 is 0 Å². The van der Waals surface area contributed by atoms with Crippen LogP contribution in [0.4, 0.5) is 0 Å². The fraction of sp³-hybridized carbons (Fsp3) is 0.308. The fourth-order valence-electron chi connectivity index (χ4n) is 2.21. The zero-order chi connectivity index (χ0) is 11.7. The molecule has 4 heteroatoms. The molecule has 88 valence electrons. The van der Waals surface area contributed by atoms with E-state index in [1.807, 2.05) is 23.6 Å². The Hall–Kier alpha value is -0.710. The van der Waals surface area contributed by atoms with Gasteiger partial charge in [0, 0.05) is 30.7 Å². The van der Waals surface area contributed by atoms with E-state index in [-0.39, 0.29) is 0 Å². The largest absolute Gasteiger partial charge is 0.293 e. The summed E-state index contributed by atoms with van der Waals surface area (Å²) in [4.78, 5) is 8.38. The molecule has 0 fully saturated rings. The summed E-state index contributed by atoms with van der Waals surface area (Å²) < 4.78 is 1.25. The van der Waals surface area contributed by atoms with E-state index in [4.69, 9.17) is 0 Å². The predicted molar refractivity (Wildman–Crippen MR) is 74.1 cm³/mol. The Morgan fingerprint density at radius 2 is 2.35 bits per heavy atom. The minimum Gasteiger partial charge on any atom is -0.293 e. The first-order valence-corrected chi connectivity index (χ1v) is 7.31. The molecule has 1 aliphatic heterocycles. The summed E-state index contributed by atoms with van der Waals surface area (Å²) in [6.45, 7) is 3.14. The van der Waals surface area contributed by atoms with Crippen LogP contribution >= 0.6 is 27.3 Å². The van der Waals surface area contributed by atoms with Gasteiger partial charge < -0.3 is 0 Å². The molecule has 0 aromatic carbocycles. The maximum absolute atomic E-state index is 4.39. The van der Waals surface area contributed by atoms with Gasteiger partial charge in [-0.3, -0.25) is 9.88 Å². The highest BCUT2D eigenvalue weighted by atomic mass is 79.9. The molecule has 2 aromatic heterocycles. The van der Waals surface area contributed by atoms with Crippen LogP contribution < -0.4 is 0 Å². The Balaban J connectivity index is 1.72. The van der Waals surface area contributed by atoms with Crippen molar-refractivity contribution in [3.8, 4) is 0 Å². The summed E-state index contributed by atoms with van der Waals surface area (Å²) in [6, 6.07) is 8.37. The minimum absolute atomic E-state index is 0.952. The summed E-state index contributed by atoms with van der Waals surface area (Å²) in [5, 5.41) is 0. The van der Waals surface area contributed by atoms with Gasteiger partial charge in [-0.1, -0.05) is 6.07 Å². The lowest BCUT2D eigenvalue weighted by Crippen LogP contribution is -2.29. The standard InChI is InChI=1S/C13H13BrN2S/c14-13-7-10-8-16(6-4-12(10)17-13)9-11-3-1-2-5-15-11/h1-3,5,7H,4,6,8-9H2. The van der Waals surface area contributed by atoms with Crippen LogP contribution in [0.25, 0.3) is 0 Å². The zero-order valence-electron chi connectivity index (χ0n) is 9.40. The van der Waals surface area contributed by atoms with Gasteiger partial charge in [0.15, 0.2) is 0 Å². The highest BCUT2D eigenvalue weighted by Crippen LogP contribution is 2.31. The highest BCUT2D eigenvalue weighted by Gasteiger charge is 2.18. The number of hydrogen-bond donors (Lipinski definition) is 0. The lowest BCUT2D eigenvalue weighted by atomic mass is 10.1. The van der Waals surface area contributed by atoms with Gasteiger partial charge in [0.25, 0.3) is 0 Å². The molecule has 0 amide bonds. The van der Waals surface area contributed by atoms with Crippen LogP contribution in [0.2, 0.25) is 0 Å². The second-order valence-corrected chi connectivity index (χ2v) is 6.80. The maximum atomic E-state index is 4.39. The van der Waals surface area contributed by atoms with Gasteiger partial charge in [0.2, 0.25) is 0 Å². The SMILES string of the molecule is Brc1cc2c(s1)CCN(Cc1ccccn1)C2. The van der Waals surface area contributed by atoms with Crippen molar-refractivity contribution in [2.24, 2.45) is 0 Å². The Morgan fingerprint density at radius 3 is 3.18 bits per heavy atom. The first-order valence-electron chi connectivity index (χ1n) is 5.70. The molecule has 0 aliphatic carbocycles. The van der Waals surface area contributed by atoms with E-state index in [0.717, 1.165) is 25.3 Å². The molecule has 0 unspecified atom stereocenters. The molecule has 0 spiro atoms. The summed E-state index contributed by atoms with van der Waals surface area (Å²) in [7, 11) is 0. The molecule has 0 radical (unpaired) electrons. The summed E-state index contributed by atoms with van der Waals surface area (Å²) in [5.74, 6) is 0. The van der Waals surface area contributed by atoms with Crippen LogP contribution in [0.3, 0.4) is 0 Å². The van der Waals surface area contributed by atoms with Crippen molar-refractivity contribution in [3.05, 3.63) is 50.4 Å².